The van der Waals surface area contributed by atoms with Crippen LogP contribution in [0, 0.1) is 39.3 Å². The van der Waals surface area contributed by atoms with Gasteiger partial charge < -0.3 is 39.9 Å². The third kappa shape index (κ3) is 10.6. The molecule has 12 heteroatoms. The van der Waals surface area contributed by atoms with E-state index in [0.29, 0.717) is 40.7 Å². The molecule has 0 fully saturated rings. The first kappa shape index (κ1) is 44.9. The highest BCUT2D eigenvalue weighted by Gasteiger charge is 2.19. The van der Waals surface area contributed by atoms with Crippen molar-refractivity contribution in [1.29, 1.82) is 0 Å². The number of benzene rings is 6. The number of aromatic carboxylic acids is 1. The van der Waals surface area contributed by atoms with Crippen LogP contribution in [0.4, 0.5) is 20.2 Å². The number of hydrogen-bond donors (Lipinski definition) is 3. The summed E-state index contributed by atoms with van der Waals surface area (Å²) in [6, 6.07) is 42.2. The number of anilines is 2. The lowest BCUT2D eigenvalue weighted by Gasteiger charge is -2.17. The smallest absolute Gasteiger partial charge is 0.337 e. The first-order chi connectivity index (χ1) is 31.2. The van der Waals surface area contributed by atoms with E-state index in [9.17, 15) is 23.5 Å². The van der Waals surface area contributed by atoms with Crippen molar-refractivity contribution in [3.63, 3.8) is 0 Å². The molecule has 0 aliphatic rings. The van der Waals surface area contributed by atoms with Gasteiger partial charge in [-0.2, -0.15) is 0 Å². The minimum absolute atomic E-state index is 0.121. The SMILES string of the molecule is COC(=O)c1cc(N)cc(-n2c(C)ccc2-c2cc(C)ccc2OCc2ccc(F)cc2)c1.Cc1ccc(OCc2ccc(F)cc2)c(-c2ccc(C)n2-c2cc(N)cc(C(=O)O)c2)c1. The molecule has 0 spiro atoms. The van der Waals surface area contributed by atoms with Gasteiger partial charge in [0.1, 0.15) is 36.3 Å². The molecule has 8 aromatic rings. The highest BCUT2D eigenvalue weighted by Crippen LogP contribution is 2.37. The van der Waals surface area contributed by atoms with E-state index in [4.69, 9.17) is 25.7 Å². The molecule has 8 rings (SSSR count). The van der Waals surface area contributed by atoms with Crippen molar-refractivity contribution in [3.05, 3.63) is 202 Å². The molecule has 2 aromatic heterocycles. The van der Waals surface area contributed by atoms with Crippen molar-refractivity contribution in [1.82, 2.24) is 9.13 Å². The summed E-state index contributed by atoms with van der Waals surface area (Å²) in [7, 11) is 1.34. The summed E-state index contributed by atoms with van der Waals surface area (Å²) < 4.78 is 47.6. The number of hydrogen-bond acceptors (Lipinski definition) is 7. The Labute approximate surface area is 375 Å². The van der Waals surface area contributed by atoms with Crippen LogP contribution in [0.3, 0.4) is 0 Å². The lowest BCUT2D eigenvalue weighted by Crippen LogP contribution is -2.07. The van der Waals surface area contributed by atoms with Gasteiger partial charge in [-0.05, 0) is 148 Å². The van der Waals surface area contributed by atoms with Gasteiger partial charge in [-0.25, -0.2) is 18.4 Å². The molecule has 0 aliphatic carbocycles. The van der Waals surface area contributed by atoms with Crippen LogP contribution < -0.4 is 20.9 Å². The lowest BCUT2D eigenvalue weighted by molar-refractivity contribution is 0.0599. The minimum Gasteiger partial charge on any atom is -0.488 e. The Morgan fingerprint density at radius 2 is 0.954 bits per heavy atom. The van der Waals surface area contributed by atoms with Crippen LogP contribution in [0.25, 0.3) is 33.9 Å². The molecule has 0 saturated heterocycles. The lowest BCUT2D eigenvalue weighted by atomic mass is 10.1. The number of carboxylic acid groups (broad SMARTS) is 1. The predicted octanol–water partition coefficient (Wildman–Crippen LogP) is 11.6. The number of halogens is 2. The molecule has 10 nitrogen and oxygen atoms in total. The van der Waals surface area contributed by atoms with Crippen LogP contribution in [0.15, 0.2) is 146 Å². The van der Waals surface area contributed by atoms with E-state index in [-0.39, 0.29) is 23.8 Å². The second kappa shape index (κ2) is 19.5. The topological polar surface area (TPSA) is 144 Å². The van der Waals surface area contributed by atoms with Crippen molar-refractivity contribution in [2.45, 2.75) is 40.9 Å². The predicted molar refractivity (Wildman–Crippen MR) is 250 cm³/mol. The number of methoxy groups -OCH3 is 1. The van der Waals surface area contributed by atoms with Crippen LogP contribution in [-0.2, 0) is 18.0 Å². The maximum Gasteiger partial charge on any atom is 0.337 e. The number of nitrogen functional groups attached to an aromatic ring is 2. The number of ether oxygens (including phenoxy) is 3. The van der Waals surface area contributed by atoms with Gasteiger partial charge in [-0.1, -0.05) is 47.5 Å². The molecule has 0 aliphatic heterocycles. The Balaban J connectivity index is 0.000000194. The molecule has 6 aromatic carbocycles. The normalized spacial score (nSPS) is 10.8. The van der Waals surface area contributed by atoms with Gasteiger partial charge in [-0.15, -0.1) is 0 Å². The largest absolute Gasteiger partial charge is 0.488 e. The average molecular weight is 875 g/mol. The van der Waals surface area contributed by atoms with Gasteiger partial charge in [0, 0.05) is 45.3 Å². The minimum atomic E-state index is -1.04. The molecule has 0 bridgehead atoms. The first-order valence-electron chi connectivity index (χ1n) is 20.6. The van der Waals surface area contributed by atoms with E-state index in [2.05, 4.69) is 6.07 Å². The second-order valence-corrected chi connectivity index (χ2v) is 15.6. The fourth-order valence-electron chi connectivity index (χ4n) is 7.49. The Morgan fingerprint density at radius 3 is 1.37 bits per heavy atom. The zero-order valence-corrected chi connectivity index (χ0v) is 36.6. The van der Waals surface area contributed by atoms with Crippen molar-refractivity contribution < 1.29 is 37.7 Å². The maximum absolute atomic E-state index is 13.2. The quantitative estimate of drug-likeness (QED) is 0.0813. The van der Waals surface area contributed by atoms with Crippen molar-refractivity contribution >= 4 is 23.3 Å². The summed E-state index contributed by atoms with van der Waals surface area (Å²) in [5.41, 5.74) is 24.1. The second-order valence-electron chi connectivity index (χ2n) is 15.6. The van der Waals surface area contributed by atoms with Gasteiger partial charge in [0.2, 0.25) is 0 Å². The van der Waals surface area contributed by atoms with Gasteiger partial charge in [0.25, 0.3) is 0 Å². The summed E-state index contributed by atoms with van der Waals surface area (Å²) in [5, 5.41) is 9.45. The van der Waals surface area contributed by atoms with E-state index in [1.54, 1.807) is 48.5 Å². The summed E-state index contributed by atoms with van der Waals surface area (Å²) in [4.78, 5) is 23.7. The van der Waals surface area contributed by atoms with Gasteiger partial charge in [-0.3, -0.25) is 0 Å². The number of carboxylic acids is 1. The van der Waals surface area contributed by atoms with E-state index >= 15 is 0 Å². The Hall–Kier alpha value is -8.12. The fraction of sp³-hybridized carbons (Fsp3) is 0.132. The van der Waals surface area contributed by atoms with Gasteiger partial charge >= 0.3 is 11.9 Å². The monoisotopic (exact) mass is 874 g/mol. The van der Waals surface area contributed by atoms with Crippen LogP contribution in [0.5, 0.6) is 11.5 Å². The molecule has 2 heterocycles. The number of carbonyl (C=O) groups is 2. The summed E-state index contributed by atoms with van der Waals surface area (Å²) in [6.07, 6.45) is 0. The molecule has 0 saturated carbocycles. The highest BCUT2D eigenvalue weighted by molar-refractivity contribution is 5.91. The number of aromatic nitrogens is 2. The molecule has 0 unspecified atom stereocenters. The number of nitrogens with zero attached hydrogens (tertiary/aromatic N) is 2. The number of aryl methyl sites for hydroxylation is 4. The molecule has 0 amide bonds. The molecular formula is C53H48F2N4O6. The van der Waals surface area contributed by atoms with Crippen molar-refractivity contribution in [2.24, 2.45) is 0 Å². The molecule has 0 radical (unpaired) electrons. The number of carbonyl (C=O) groups excluding carboxylic acids is 1. The Bertz CT molecular complexity index is 3010. The Morgan fingerprint density at radius 1 is 0.538 bits per heavy atom. The maximum atomic E-state index is 13.2. The number of nitrogens with two attached hydrogens (primary N) is 2. The summed E-state index contributed by atoms with van der Waals surface area (Å²) in [6.45, 7) is 8.54. The first-order valence-corrected chi connectivity index (χ1v) is 20.6. The standard InChI is InChI=1S/C27H25FN2O3.C26H23FN2O3/c1-17-4-11-26(33-16-19-6-8-21(28)9-7-19)24(12-17)25-10-5-18(2)30(25)23-14-20(27(31)32-3)13-22(29)15-23;1-16-3-10-25(32-15-18-5-7-20(27)8-6-18)23(11-16)24-9-4-17(2)29(24)22-13-19(26(30)31)12-21(28)14-22/h4-15H,16,29H2,1-3H3;3-14H,15,28H2,1-2H3,(H,30,31). The molecule has 0 atom stereocenters. The average Bonchev–Trinajstić information content (AvgIpc) is 3.87. The number of esters is 1. The van der Waals surface area contributed by atoms with Crippen molar-refractivity contribution in [3.8, 4) is 45.4 Å². The van der Waals surface area contributed by atoms with Crippen LogP contribution in [0.1, 0.15) is 54.4 Å². The zero-order valence-electron chi connectivity index (χ0n) is 36.6. The van der Waals surface area contributed by atoms with E-state index in [0.717, 1.165) is 61.8 Å². The number of rotatable bonds is 12. The van der Waals surface area contributed by atoms with Gasteiger partial charge in [0.05, 0.1) is 29.6 Å². The summed E-state index contributed by atoms with van der Waals surface area (Å²) in [5.74, 6) is -0.696. The van der Waals surface area contributed by atoms with E-state index in [1.165, 1.54) is 37.4 Å². The highest BCUT2D eigenvalue weighted by atomic mass is 19.1. The fourth-order valence-corrected chi connectivity index (χ4v) is 7.49. The summed E-state index contributed by atoms with van der Waals surface area (Å²) >= 11 is 0. The van der Waals surface area contributed by atoms with Crippen LogP contribution in [0.2, 0.25) is 0 Å². The van der Waals surface area contributed by atoms with E-state index in [1.807, 2.05) is 97.5 Å². The van der Waals surface area contributed by atoms with Crippen LogP contribution >= 0.6 is 0 Å². The van der Waals surface area contributed by atoms with Crippen LogP contribution in [-0.4, -0.2) is 33.3 Å². The van der Waals surface area contributed by atoms with Crippen molar-refractivity contribution in [2.75, 3.05) is 18.6 Å². The van der Waals surface area contributed by atoms with Gasteiger partial charge in [0.15, 0.2) is 0 Å². The third-order valence-electron chi connectivity index (χ3n) is 10.7. The Kier molecular flexibility index (Phi) is 13.5. The van der Waals surface area contributed by atoms with E-state index < -0.39 is 11.9 Å². The molecule has 330 valence electrons. The molecular weight excluding hydrogens is 827 g/mol. The zero-order chi connectivity index (χ0) is 46.4. The molecule has 5 N–H and O–H groups in total. The molecule has 65 heavy (non-hydrogen) atoms. The third-order valence-corrected chi connectivity index (χ3v) is 10.7.